The lowest BCUT2D eigenvalue weighted by atomic mass is 9.99. The number of hydrogen-bond acceptors (Lipinski definition) is 15. The van der Waals surface area contributed by atoms with Crippen LogP contribution >= 0.6 is 15.6 Å². The number of carbonyl (C=O) groups is 4. The summed E-state index contributed by atoms with van der Waals surface area (Å²) in [6, 6.07) is 0. The average molecular weight is 1540 g/mol. The number of ether oxygens (including phenoxy) is 4. The van der Waals surface area contributed by atoms with Gasteiger partial charge < -0.3 is 33.8 Å². The Hall–Kier alpha value is -1.94. The van der Waals surface area contributed by atoms with Crippen molar-refractivity contribution in [3.05, 3.63) is 0 Å². The first kappa shape index (κ1) is 103. The van der Waals surface area contributed by atoms with Crippen molar-refractivity contribution in [1.29, 1.82) is 0 Å². The second kappa shape index (κ2) is 76.1. The van der Waals surface area contributed by atoms with E-state index in [4.69, 9.17) is 37.0 Å². The maximum absolute atomic E-state index is 13.2. The quantitative estimate of drug-likeness (QED) is 0.0222. The summed E-state index contributed by atoms with van der Waals surface area (Å²) in [5, 5.41) is 10.7. The summed E-state index contributed by atoms with van der Waals surface area (Å²) in [5.41, 5.74) is 0. The fourth-order valence-electron chi connectivity index (χ4n) is 13.3. The number of esters is 4. The van der Waals surface area contributed by atoms with Crippen LogP contribution in [0.5, 0.6) is 0 Å². The van der Waals surface area contributed by atoms with Crippen LogP contribution in [0, 0.1) is 17.8 Å². The Balaban J connectivity index is 5.25. The Labute approximate surface area is 645 Å². The molecule has 0 amide bonds. The van der Waals surface area contributed by atoms with Crippen LogP contribution in [-0.2, 0) is 65.4 Å². The average Bonchev–Trinajstić information content (AvgIpc) is 0.904. The molecule has 0 heterocycles. The van der Waals surface area contributed by atoms with Gasteiger partial charge in [0.2, 0.25) is 0 Å². The Kier molecular flexibility index (Phi) is 74.7. The zero-order valence-corrected chi connectivity index (χ0v) is 71.0. The molecular formula is C86H168O17P2. The van der Waals surface area contributed by atoms with Gasteiger partial charge in [-0.3, -0.25) is 37.3 Å². The minimum atomic E-state index is -4.97. The zero-order valence-electron chi connectivity index (χ0n) is 69.2. The van der Waals surface area contributed by atoms with Gasteiger partial charge in [-0.2, -0.15) is 0 Å². The van der Waals surface area contributed by atoms with Crippen LogP contribution in [0.4, 0.5) is 0 Å². The van der Waals surface area contributed by atoms with E-state index in [-0.39, 0.29) is 25.7 Å². The molecule has 0 aliphatic rings. The predicted molar refractivity (Wildman–Crippen MR) is 432 cm³/mol. The molecule has 105 heavy (non-hydrogen) atoms. The van der Waals surface area contributed by atoms with Crippen molar-refractivity contribution < 1.29 is 80.2 Å². The minimum Gasteiger partial charge on any atom is -0.462 e. The van der Waals surface area contributed by atoms with Crippen LogP contribution in [-0.4, -0.2) is 96.7 Å². The maximum Gasteiger partial charge on any atom is 0.472 e. The maximum atomic E-state index is 13.2. The van der Waals surface area contributed by atoms with E-state index in [0.29, 0.717) is 25.7 Å². The van der Waals surface area contributed by atoms with Gasteiger partial charge in [0.15, 0.2) is 12.2 Å². The third-order valence-corrected chi connectivity index (χ3v) is 22.8. The van der Waals surface area contributed by atoms with E-state index in [9.17, 15) is 43.2 Å². The highest BCUT2D eigenvalue weighted by Gasteiger charge is 2.30. The fourth-order valence-corrected chi connectivity index (χ4v) is 14.9. The van der Waals surface area contributed by atoms with Crippen molar-refractivity contribution in [2.75, 3.05) is 39.6 Å². The molecule has 0 rings (SSSR count). The normalized spacial score (nSPS) is 14.4. The lowest BCUT2D eigenvalue weighted by molar-refractivity contribution is -0.161. The number of hydrogen-bond donors (Lipinski definition) is 3. The third-order valence-electron chi connectivity index (χ3n) is 20.9. The minimum absolute atomic E-state index is 0.107. The number of carbonyl (C=O) groups excluding carboxylic acids is 4. The van der Waals surface area contributed by atoms with Gasteiger partial charge in [0, 0.05) is 25.7 Å². The van der Waals surface area contributed by atoms with Crippen molar-refractivity contribution in [2.24, 2.45) is 17.8 Å². The Morgan fingerprint density at radius 3 is 0.724 bits per heavy atom. The number of aliphatic hydroxyl groups excluding tert-OH is 1. The SMILES string of the molecule is CCCCCCCCCCCCCCC(=O)OC[C@H](COP(=O)(O)OC[C@H](O)COP(=O)(O)OC[C@@H](COC(=O)CCCCCCCCCCCCCCCCC(C)CC)OC(=O)CCCCCCCCCCCCCCCCCCCCC(C)C)OC(=O)CCCCCCCCCCCCC(C)CC. The molecule has 0 saturated heterocycles. The van der Waals surface area contributed by atoms with Gasteiger partial charge in [0.1, 0.15) is 19.3 Å². The highest BCUT2D eigenvalue weighted by Crippen LogP contribution is 2.45. The van der Waals surface area contributed by atoms with Gasteiger partial charge in [0.05, 0.1) is 26.4 Å². The zero-order chi connectivity index (χ0) is 77.2. The number of aliphatic hydroxyl groups is 1. The number of phosphoric acid groups is 2. The molecule has 624 valence electrons. The van der Waals surface area contributed by atoms with Crippen LogP contribution < -0.4 is 0 Å². The summed E-state index contributed by atoms with van der Waals surface area (Å²) < 4.78 is 68.9. The molecule has 0 bridgehead atoms. The second-order valence-electron chi connectivity index (χ2n) is 31.9. The van der Waals surface area contributed by atoms with Crippen LogP contribution in [0.2, 0.25) is 0 Å². The largest absolute Gasteiger partial charge is 0.472 e. The van der Waals surface area contributed by atoms with Gasteiger partial charge in [0.25, 0.3) is 0 Å². The van der Waals surface area contributed by atoms with Crippen LogP contribution in [0.3, 0.4) is 0 Å². The summed E-state index contributed by atoms with van der Waals surface area (Å²) >= 11 is 0. The molecule has 0 radical (unpaired) electrons. The molecule has 19 heteroatoms. The molecule has 7 atom stereocenters. The van der Waals surface area contributed by atoms with Crippen LogP contribution in [0.1, 0.15) is 453 Å². The number of unbranched alkanes of at least 4 members (excludes halogenated alkanes) is 50. The van der Waals surface area contributed by atoms with E-state index < -0.39 is 97.5 Å². The summed E-state index contributed by atoms with van der Waals surface area (Å²) in [5.74, 6) is 0.370. The summed E-state index contributed by atoms with van der Waals surface area (Å²) in [7, 11) is -9.93. The summed E-state index contributed by atoms with van der Waals surface area (Å²) in [6.07, 6.45) is 66.4. The Morgan fingerprint density at radius 2 is 0.486 bits per heavy atom. The molecule has 0 aliphatic carbocycles. The van der Waals surface area contributed by atoms with E-state index in [2.05, 4.69) is 48.5 Å². The van der Waals surface area contributed by atoms with E-state index in [1.165, 1.54) is 263 Å². The molecule has 0 aromatic carbocycles. The summed E-state index contributed by atoms with van der Waals surface area (Å²) in [4.78, 5) is 73.2. The van der Waals surface area contributed by atoms with Crippen molar-refractivity contribution in [3.8, 4) is 0 Å². The summed E-state index contributed by atoms with van der Waals surface area (Å²) in [6.45, 7) is 12.1. The van der Waals surface area contributed by atoms with Crippen molar-refractivity contribution in [2.45, 2.75) is 471 Å². The first-order valence-corrected chi connectivity index (χ1v) is 47.4. The monoisotopic (exact) mass is 1540 g/mol. The second-order valence-corrected chi connectivity index (χ2v) is 34.8. The highest BCUT2D eigenvalue weighted by atomic mass is 31.2. The predicted octanol–water partition coefficient (Wildman–Crippen LogP) is 26.1. The van der Waals surface area contributed by atoms with E-state index in [1.54, 1.807) is 0 Å². The smallest absolute Gasteiger partial charge is 0.462 e. The molecular weight excluding hydrogens is 1370 g/mol. The van der Waals surface area contributed by atoms with Gasteiger partial charge in [-0.15, -0.1) is 0 Å². The van der Waals surface area contributed by atoms with Crippen molar-refractivity contribution >= 4 is 39.5 Å². The van der Waals surface area contributed by atoms with Gasteiger partial charge >= 0.3 is 39.5 Å². The number of phosphoric ester groups is 2. The van der Waals surface area contributed by atoms with Crippen LogP contribution in [0.25, 0.3) is 0 Å². The highest BCUT2D eigenvalue weighted by molar-refractivity contribution is 7.47. The van der Waals surface area contributed by atoms with Crippen molar-refractivity contribution in [3.63, 3.8) is 0 Å². The molecule has 4 unspecified atom stereocenters. The van der Waals surface area contributed by atoms with E-state index in [1.807, 2.05) is 0 Å². The van der Waals surface area contributed by atoms with Gasteiger partial charge in [-0.1, -0.05) is 402 Å². The topological polar surface area (TPSA) is 237 Å². The van der Waals surface area contributed by atoms with E-state index in [0.717, 1.165) is 108 Å². The first-order valence-electron chi connectivity index (χ1n) is 44.4. The molecule has 0 fully saturated rings. The van der Waals surface area contributed by atoms with Gasteiger partial charge in [-0.25, -0.2) is 9.13 Å². The fraction of sp³-hybridized carbons (Fsp3) is 0.953. The third kappa shape index (κ3) is 77.2. The molecule has 3 N–H and O–H groups in total. The molecule has 0 aromatic rings. The molecule has 0 saturated carbocycles. The first-order chi connectivity index (χ1) is 50.8. The molecule has 0 spiro atoms. The Bertz CT molecular complexity index is 2030. The standard InChI is InChI=1S/C86H168O17P2/c1-8-11-12-13-14-15-16-31-39-46-53-60-67-83(88)96-74-82(103-86(91)70-63-56-49-42-35-34-38-45-52-59-66-79(7)10-3)76-101-105(94,95)99-72-80(87)71-98-104(92,93)100-75-81(73-97-84(89)68-61-54-47-40-32-27-24-23-26-30-37-44-51-58-65-78(6)9-2)102-85(90)69-62-55-48-41-33-28-22-20-18-17-19-21-25-29-36-43-50-57-64-77(4)5/h77-82,87H,8-76H2,1-7H3,(H,92,93)(H,94,95)/t78?,79?,80-,81-,82-/m1/s1. The molecule has 0 aromatic heterocycles. The van der Waals surface area contributed by atoms with Crippen molar-refractivity contribution in [1.82, 2.24) is 0 Å². The molecule has 0 aliphatic heterocycles. The lowest BCUT2D eigenvalue weighted by Gasteiger charge is -2.21. The van der Waals surface area contributed by atoms with Crippen LogP contribution in [0.15, 0.2) is 0 Å². The Morgan fingerprint density at radius 1 is 0.276 bits per heavy atom. The van der Waals surface area contributed by atoms with E-state index >= 15 is 0 Å². The molecule has 17 nitrogen and oxygen atoms in total. The number of rotatable bonds is 84. The van der Waals surface area contributed by atoms with Gasteiger partial charge in [-0.05, 0) is 43.4 Å². The lowest BCUT2D eigenvalue weighted by Crippen LogP contribution is -2.30.